The van der Waals surface area contributed by atoms with Crippen LogP contribution in [-0.4, -0.2) is 20.8 Å². The third-order valence-corrected chi connectivity index (χ3v) is 3.16. The summed E-state index contributed by atoms with van der Waals surface area (Å²) in [6, 6.07) is 3.88. The molecule has 2 rings (SSSR count). The van der Waals surface area contributed by atoms with Gasteiger partial charge in [-0.05, 0) is 25.0 Å². The second-order valence-corrected chi connectivity index (χ2v) is 4.48. The Labute approximate surface area is 115 Å². The highest BCUT2D eigenvalue weighted by Gasteiger charge is 2.16. The van der Waals surface area contributed by atoms with Gasteiger partial charge in [0, 0.05) is 19.0 Å². The third-order valence-electron chi connectivity index (χ3n) is 3.16. The van der Waals surface area contributed by atoms with Gasteiger partial charge in [-0.25, -0.2) is 13.8 Å². The summed E-state index contributed by atoms with van der Waals surface area (Å²) in [6.45, 7) is 2.65. The molecule has 0 bridgehead atoms. The zero-order valence-corrected chi connectivity index (χ0v) is 11.2. The molecule has 0 saturated heterocycles. The highest BCUT2D eigenvalue weighted by molar-refractivity contribution is 5.20. The summed E-state index contributed by atoms with van der Waals surface area (Å²) in [6.07, 6.45) is 2.23. The molecule has 0 fully saturated rings. The fourth-order valence-electron chi connectivity index (χ4n) is 2.09. The number of rotatable bonds is 6. The van der Waals surface area contributed by atoms with Crippen molar-refractivity contribution in [1.82, 2.24) is 20.2 Å². The molecular formula is C13H17F2N5. The van der Waals surface area contributed by atoms with Gasteiger partial charge in [-0.3, -0.25) is 16.0 Å². The van der Waals surface area contributed by atoms with Crippen LogP contribution in [0.3, 0.4) is 0 Å². The van der Waals surface area contributed by atoms with Crippen molar-refractivity contribution < 1.29 is 8.78 Å². The van der Waals surface area contributed by atoms with Crippen molar-refractivity contribution in [3.63, 3.8) is 0 Å². The quantitative estimate of drug-likeness (QED) is 0.616. The molecule has 0 saturated carbocycles. The highest BCUT2D eigenvalue weighted by atomic mass is 19.2. The minimum absolute atomic E-state index is 0.249. The van der Waals surface area contributed by atoms with Crippen molar-refractivity contribution in [2.45, 2.75) is 32.4 Å². The summed E-state index contributed by atoms with van der Waals surface area (Å²) in [5.74, 6) is 4.57. The Kier molecular flexibility index (Phi) is 4.75. The maximum atomic E-state index is 13.6. The van der Waals surface area contributed by atoms with Crippen molar-refractivity contribution in [2.75, 3.05) is 0 Å². The molecule has 1 unspecified atom stereocenters. The maximum Gasteiger partial charge on any atom is 0.162 e. The van der Waals surface area contributed by atoms with Gasteiger partial charge in [0.15, 0.2) is 11.6 Å². The smallest absolute Gasteiger partial charge is 0.162 e. The molecule has 0 spiro atoms. The maximum absolute atomic E-state index is 13.6. The average molecular weight is 281 g/mol. The molecule has 1 aromatic heterocycles. The fourth-order valence-corrected chi connectivity index (χ4v) is 2.09. The first-order valence-electron chi connectivity index (χ1n) is 6.41. The first-order chi connectivity index (χ1) is 9.65. The van der Waals surface area contributed by atoms with Crippen molar-refractivity contribution in [3.8, 4) is 0 Å². The lowest BCUT2D eigenvalue weighted by Gasteiger charge is -2.16. The minimum Gasteiger partial charge on any atom is -0.271 e. The summed E-state index contributed by atoms with van der Waals surface area (Å²) < 4.78 is 28.6. The van der Waals surface area contributed by atoms with E-state index in [9.17, 15) is 8.78 Å². The van der Waals surface area contributed by atoms with Crippen LogP contribution in [0, 0.1) is 11.6 Å². The normalized spacial score (nSPS) is 12.6. The molecule has 20 heavy (non-hydrogen) atoms. The number of nitrogens with one attached hydrogen (secondary N) is 1. The van der Waals surface area contributed by atoms with E-state index in [1.807, 2.05) is 6.92 Å². The van der Waals surface area contributed by atoms with E-state index in [4.69, 9.17) is 5.84 Å². The largest absolute Gasteiger partial charge is 0.271 e. The van der Waals surface area contributed by atoms with Gasteiger partial charge in [0.2, 0.25) is 0 Å². The van der Waals surface area contributed by atoms with Gasteiger partial charge < -0.3 is 0 Å². The molecule has 3 N–H and O–H groups in total. The average Bonchev–Trinajstić information content (AvgIpc) is 2.90. The van der Waals surface area contributed by atoms with E-state index >= 15 is 0 Å². The summed E-state index contributed by atoms with van der Waals surface area (Å²) in [5, 5.41) is 4.06. The van der Waals surface area contributed by atoms with Crippen molar-refractivity contribution in [1.29, 1.82) is 0 Å². The number of aryl methyl sites for hydroxylation is 1. The van der Waals surface area contributed by atoms with Crippen LogP contribution >= 0.6 is 0 Å². The molecule has 0 radical (unpaired) electrons. The number of nitrogens with zero attached hydrogens (tertiary/aromatic N) is 3. The number of benzene rings is 1. The zero-order valence-electron chi connectivity index (χ0n) is 11.2. The standard InChI is InChI=1S/C13H17F2N5/c1-2-20-12(17-8-18-20)7-10(19-16)6-9-4-3-5-11(14)13(9)15/h3-5,8,10,19H,2,6-7,16H2,1H3. The topological polar surface area (TPSA) is 68.8 Å². The molecule has 1 atom stereocenters. The summed E-state index contributed by atoms with van der Waals surface area (Å²) in [7, 11) is 0. The Morgan fingerprint density at radius 3 is 2.85 bits per heavy atom. The number of hydrogen-bond donors (Lipinski definition) is 2. The zero-order chi connectivity index (χ0) is 14.5. The van der Waals surface area contributed by atoms with Crippen LogP contribution in [0.25, 0.3) is 0 Å². The number of halogens is 2. The highest BCUT2D eigenvalue weighted by Crippen LogP contribution is 2.14. The van der Waals surface area contributed by atoms with Crippen LogP contribution in [0.1, 0.15) is 18.3 Å². The molecule has 1 aromatic carbocycles. The molecule has 5 nitrogen and oxygen atoms in total. The summed E-state index contributed by atoms with van der Waals surface area (Å²) in [4.78, 5) is 4.14. The first kappa shape index (κ1) is 14.5. The van der Waals surface area contributed by atoms with E-state index in [0.717, 1.165) is 11.9 Å². The van der Waals surface area contributed by atoms with E-state index in [-0.39, 0.29) is 18.0 Å². The Balaban J connectivity index is 2.11. The third kappa shape index (κ3) is 3.17. The van der Waals surface area contributed by atoms with Crippen LogP contribution < -0.4 is 11.3 Å². The minimum atomic E-state index is -0.852. The Morgan fingerprint density at radius 1 is 1.35 bits per heavy atom. The van der Waals surface area contributed by atoms with Gasteiger partial charge in [0.1, 0.15) is 12.2 Å². The Hall–Kier alpha value is -1.86. The molecule has 0 aliphatic carbocycles. The van der Waals surface area contributed by atoms with Crippen LogP contribution in [0.15, 0.2) is 24.5 Å². The molecular weight excluding hydrogens is 264 g/mol. The van der Waals surface area contributed by atoms with E-state index in [2.05, 4.69) is 15.5 Å². The van der Waals surface area contributed by atoms with Crippen LogP contribution in [-0.2, 0) is 19.4 Å². The van der Waals surface area contributed by atoms with E-state index in [0.29, 0.717) is 13.0 Å². The van der Waals surface area contributed by atoms with Gasteiger partial charge in [0.05, 0.1) is 0 Å². The van der Waals surface area contributed by atoms with Gasteiger partial charge in [0.25, 0.3) is 0 Å². The molecule has 0 amide bonds. The molecule has 0 aliphatic heterocycles. The number of aromatic nitrogens is 3. The second kappa shape index (κ2) is 6.53. The Bertz CT molecular complexity index is 570. The fraction of sp³-hybridized carbons (Fsp3) is 0.385. The van der Waals surface area contributed by atoms with Gasteiger partial charge >= 0.3 is 0 Å². The number of hydrogen-bond acceptors (Lipinski definition) is 4. The summed E-state index contributed by atoms with van der Waals surface area (Å²) >= 11 is 0. The van der Waals surface area contributed by atoms with E-state index in [1.165, 1.54) is 12.4 Å². The Morgan fingerprint density at radius 2 is 2.15 bits per heavy atom. The molecule has 0 aliphatic rings. The monoisotopic (exact) mass is 281 g/mol. The summed E-state index contributed by atoms with van der Waals surface area (Å²) in [5.41, 5.74) is 2.90. The molecule has 1 heterocycles. The predicted molar refractivity (Wildman–Crippen MR) is 70.6 cm³/mol. The lowest BCUT2D eigenvalue weighted by atomic mass is 10.0. The van der Waals surface area contributed by atoms with E-state index < -0.39 is 11.6 Å². The van der Waals surface area contributed by atoms with Crippen LogP contribution in [0.2, 0.25) is 0 Å². The van der Waals surface area contributed by atoms with Gasteiger partial charge in [-0.2, -0.15) is 5.10 Å². The van der Waals surface area contributed by atoms with Crippen LogP contribution in [0.5, 0.6) is 0 Å². The predicted octanol–water partition coefficient (Wildman–Crippen LogP) is 1.19. The number of hydrazine groups is 1. The molecule has 108 valence electrons. The SMILES string of the molecule is CCn1ncnc1CC(Cc1cccc(F)c1F)NN. The first-order valence-corrected chi connectivity index (χ1v) is 6.41. The van der Waals surface area contributed by atoms with Crippen molar-refractivity contribution in [3.05, 3.63) is 47.5 Å². The second-order valence-electron chi connectivity index (χ2n) is 4.48. The van der Waals surface area contributed by atoms with Crippen LogP contribution in [0.4, 0.5) is 8.78 Å². The lowest BCUT2D eigenvalue weighted by Crippen LogP contribution is -2.39. The van der Waals surface area contributed by atoms with Gasteiger partial charge in [-0.1, -0.05) is 12.1 Å². The number of nitrogens with two attached hydrogens (primary N) is 1. The van der Waals surface area contributed by atoms with Crippen molar-refractivity contribution in [2.24, 2.45) is 5.84 Å². The van der Waals surface area contributed by atoms with Crippen molar-refractivity contribution >= 4 is 0 Å². The molecule has 2 aromatic rings. The lowest BCUT2D eigenvalue weighted by molar-refractivity contribution is 0.462. The van der Waals surface area contributed by atoms with Gasteiger partial charge in [-0.15, -0.1) is 0 Å². The van der Waals surface area contributed by atoms with E-state index in [1.54, 1.807) is 10.7 Å². The molecule has 7 heteroatoms.